The Hall–Kier alpha value is -5.24. The van der Waals surface area contributed by atoms with Crippen LogP contribution in [-0.2, 0) is 24.6 Å². The van der Waals surface area contributed by atoms with E-state index in [1.165, 1.54) is 25.0 Å². The van der Waals surface area contributed by atoms with Crippen LogP contribution in [0.25, 0.3) is 0 Å². The number of hydrogen-bond acceptors (Lipinski definition) is 8. The molecule has 282 valence electrons. The van der Waals surface area contributed by atoms with Gasteiger partial charge in [-0.15, -0.1) is 0 Å². The molecule has 4 rings (SSSR count). The fraction of sp³-hybridized carbons (Fsp3) is 0.378. The van der Waals surface area contributed by atoms with Gasteiger partial charge in [-0.3, -0.25) is 19.2 Å². The SMILES string of the molecule is COc1c(C)cc(C(C)(C)c2cc(C)c(OC(=O)CC(C)=O)c(C)c2)cc1C.COc1ccc(C(C)c2ccc(OC(=O)CC(C)=O)c(C)c2)cc1C. The summed E-state index contributed by atoms with van der Waals surface area (Å²) in [6.07, 6.45) is -0.417. The van der Waals surface area contributed by atoms with Crippen LogP contribution >= 0.6 is 0 Å². The Labute approximate surface area is 314 Å². The second-order valence-corrected chi connectivity index (χ2v) is 14.4. The highest BCUT2D eigenvalue weighted by Gasteiger charge is 2.27. The largest absolute Gasteiger partial charge is 0.496 e. The third kappa shape index (κ3) is 10.9. The molecule has 0 fully saturated rings. The van der Waals surface area contributed by atoms with Gasteiger partial charge in [-0.25, -0.2) is 0 Å². The van der Waals surface area contributed by atoms with E-state index in [9.17, 15) is 19.2 Å². The van der Waals surface area contributed by atoms with Crippen LogP contribution in [0.1, 0.15) is 109 Å². The minimum atomic E-state index is -0.526. The first-order valence-electron chi connectivity index (χ1n) is 17.7. The zero-order valence-corrected chi connectivity index (χ0v) is 33.5. The summed E-state index contributed by atoms with van der Waals surface area (Å²) in [7, 11) is 3.36. The predicted molar refractivity (Wildman–Crippen MR) is 209 cm³/mol. The van der Waals surface area contributed by atoms with E-state index in [2.05, 4.69) is 71.0 Å². The van der Waals surface area contributed by atoms with Crippen molar-refractivity contribution in [2.75, 3.05) is 14.2 Å². The van der Waals surface area contributed by atoms with Crippen LogP contribution in [0.15, 0.2) is 60.7 Å². The number of esters is 2. The van der Waals surface area contributed by atoms with Crippen molar-refractivity contribution in [1.29, 1.82) is 0 Å². The Balaban J connectivity index is 0.000000287. The summed E-state index contributed by atoms with van der Waals surface area (Å²) in [5.74, 6) is 1.56. The van der Waals surface area contributed by atoms with Gasteiger partial charge in [0.25, 0.3) is 0 Å². The number of carbonyl (C=O) groups excluding carboxylic acids is 4. The van der Waals surface area contributed by atoms with Crippen molar-refractivity contribution in [3.05, 3.63) is 116 Å². The van der Waals surface area contributed by atoms with Crippen molar-refractivity contribution in [2.45, 2.75) is 100 Å². The highest BCUT2D eigenvalue weighted by Crippen LogP contribution is 2.39. The first-order valence-corrected chi connectivity index (χ1v) is 17.7. The van der Waals surface area contributed by atoms with Crippen molar-refractivity contribution in [2.24, 2.45) is 0 Å². The molecule has 0 N–H and O–H groups in total. The number of ether oxygens (including phenoxy) is 4. The van der Waals surface area contributed by atoms with Gasteiger partial charge in [0.1, 0.15) is 47.4 Å². The lowest BCUT2D eigenvalue weighted by molar-refractivity contribution is -0.139. The van der Waals surface area contributed by atoms with Gasteiger partial charge < -0.3 is 18.9 Å². The van der Waals surface area contributed by atoms with Gasteiger partial charge in [0.15, 0.2) is 0 Å². The van der Waals surface area contributed by atoms with Crippen LogP contribution in [0.5, 0.6) is 23.0 Å². The van der Waals surface area contributed by atoms with Crippen LogP contribution in [0.3, 0.4) is 0 Å². The molecule has 0 saturated heterocycles. The lowest BCUT2D eigenvalue weighted by Crippen LogP contribution is -2.20. The van der Waals surface area contributed by atoms with E-state index in [4.69, 9.17) is 18.9 Å². The molecular weight excluding hydrogens is 668 g/mol. The Morgan fingerprint density at radius 2 is 0.943 bits per heavy atom. The molecule has 53 heavy (non-hydrogen) atoms. The van der Waals surface area contributed by atoms with E-state index in [0.29, 0.717) is 11.5 Å². The lowest BCUT2D eigenvalue weighted by Gasteiger charge is -2.29. The molecule has 0 saturated carbocycles. The maximum absolute atomic E-state index is 11.9. The Morgan fingerprint density at radius 1 is 0.547 bits per heavy atom. The van der Waals surface area contributed by atoms with Crippen molar-refractivity contribution in [1.82, 2.24) is 0 Å². The zero-order valence-electron chi connectivity index (χ0n) is 33.5. The molecule has 0 amide bonds. The summed E-state index contributed by atoms with van der Waals surface area (Å²) in [6.45, 7) is 21.1. The number of aryl methyl sites for hydroxylation is 6. The maximum Gasteiger partial charge on any atom is 0.318 e. The molecule has 4 aromatic carbocycles. The van der Waals surface area contributed by atoms with Crippen LogP contribution in [0.2, 0.25) is 0 Å². The Bertz CT molecular complexity index is 1960. The quantitative estimate of drug-likeness (QED) is 0.0809. The summed E-state index contributed by atoms with van der Waals surface area (Å²) >= 11 is 0. The van der Waals surface area contributed by atoms with Crippen molar-refractivity contribution in [3.8, 4) is 23.0 Å². The lowest BCUT2D eigenvalue weighted by atomic mass is 9.76. The molecule has 8 heteroatoms. The van der Waals surface area contributed by atoms with Gasteiger partial charge in [0, 0.05) is 11.3 Å². The predicted octanol–water partition coefficient (Wildman–Crippen LogP) is 9.49. The zero-order chi connectivity index (χ0) is 39.8. The van der Waals surface area contributed by atoms with Gasteiger partial charge in [-0.2, -0.15) is 0 Å². The normalized spacial score (nSPS) is 11.5. The molecule has 0 heterocycles. The summed E-state index contributed by atoms with van der Waals surface area (Å²) in [4.78, 5) is 45.7. The highest BCUT2D eigenvalue weighted by molar-refractivity contribution is 5.95. The maximum atomic E-state index is 11.9. The van der Waals surface area contributed by atoms with Crippen molar-refractivity contribution in [3.63, 3.8) is 0 Å². The smallest absolute Gasteiger partial charge is 0.318 e. The molecule has 0 aliphatic rings. The van der Waals surface area contributed by atoms with Crippen molar-refractivity contribution < 1.29 is 38.1 Å². The Kier molecular flexibility index (Phi) is 14.3. The fourth-order valence-corrected chi connectivity index (χ4v) is 6.41. The fourth-order valence-electron chi connectivity index (χ4n) is 6.41. The number of Topliss-reactive ketones (excluding diaryl/α,β-unsaturated/α-hetero) is 2. The summed E-state index contributed by atoms with van der Waals surface area (Å²) in [6, 6.07) is 20.4. The first-order chi connectivity index (χ1) is 24.8. The van der Waals surface area contributed by atoms with Gasteiger partial charge in [-0.1, -0.05) is 69.3 Å². The minimum Gasteiger partial charge on any atom is -0.496 e. The number of hydrogen-bond donors (Lipinski definition) is 0. The summed E-state index contributed by atoms with van der Waals surface area (Å²) in [5, 5.41) is 0. The van der Waals surface area contributed by atoms with Gasteiger partial charge in [0.05, 0.1) is 14.2 Å². The highest BCUT2D eigenvalue weighted by atomic mass is 16.5. The van der Waals surface area contributed by atoms with E-state index in [0.717, 1.165) is 56.0 Å². The van der Waals surface area contributed by atoms with E-state index in [-0.39, 0.29) is 35.7 Å². The Morgan fingerprint density at radius 3 is 1.32 bits per heavy atom. The number of benzene rings is 4. The number of methoxy groups -OCH3 is 2. The molecule has 8 nitrogen and oxygen atoms in total. The molecule has 0 aromatic heterocycles. The van der Waals surface area contributed by atoms with Gasteiger partial charge in [0.2, 0.25) is 0 Å². The second-order valence-electron chi connectivity index (χ2n) is 14.4. The minimum absolute atomic E-state index is 0.199. The van der Waals surface area contributed by atoms with Gasteiger partial charge in [-0.05, 0) is 123 Å². The molecular formula is C45H54O8. The van der Waals surface area contributed by atoms with E-state index in [1.54, 1.807) is 20.3 Å². The molecule has 4 aromatic rings. The van der Waals surface area contributed by atoms with Crippen LogP contribution in [0.4, 0.5) is 0 Å². The molecule has 0 radical (unpaired) electrons. The monoisotopic (exact) mass is 722 g/mol. The van der Waals surface area contributed by atoms with Crippen LogP contribution in [-0.4, -0.2) is 37.7 Å². The number of ketones is 2. The first kappa shape index (κ1) is 42.2. The number of rotatable bonds is 12. The third-order valence-electron chi connectivity index (χ3n) is 9.41. The number of carbonyl (C=O) groups is 4. The topological polar surface area (TPSA) is 105 Å². The molecule has 0 aliphatic heterocycles. The molecule has 0 spiro atoms. The average molecular weight is 723 g/mol. The van der Waals surface area contributed by atoms with E-state index < -0.39 is 11.9 Å². The molecule has 1 unspecified atom stereocenters. The van der Waals surface area contributed by atoms with E-state index in [1.807, 2.05) is 45.9 Å². The third-order valence-corrected chi connectivity index (χ3v) is 9.41. The summed E-state index contributed by atoms with van der Waals surface area (Å²) < 4.78 is 21.5. The standard InChI is InChI=1S/C24H30O4.C21H24O4/c1-14-9-19(10-15(2)22(14)27-8)24(6,7)20-11-16(3)23(17(4)12-20)28-21(26)13-18(5)25;1-13-10-17(6-8-19(13)24-5)16(4)18-7-9-20(14(2)11-18)25-21(23)12-15(3)22/h9-12H,13H2,1-8H3;6-11,16H,12H2,1-5H3. The molecule has 1 atom stereocenters. The van der Waals surface area contributed by atoms with Crippen LogP contribution in [0, 0.1) is 41.5 Å². The average Bonchev–Trinajstić information content (AvgIpc) is 3.06. The second kappa shape index (κ2) is 18.0. The van der Waals surface area contributed by atoms with E-state index >= 15 is 0 Å². The van der Waals surface area contributed by atoms with Gasteiger partial charge >= 0.3 is 11.9 Å². The van der Waals surface area contributed by atoms with Crippen LogP contribution < -0.4 is 18.9 Å². The van der Waals surface area contributed by atoms with Crippen molar-refractivity contribution >= 4 is 23.5 Å². The molecule has 0 bridgehead atoms. The summed E-state index contributed by atoms with van der Waals surface area (Å²) in [5.41, 5.74) is 10.4. The molecule has 0 aliphatic carbocycles.